The number of hydrogen-bond donors (Lipinski definition) is 2. The van der Waals surface area contributed by atoms with Crippen LogP contribution in [0.2, 0.25) is 0 Å². The fourth-order valence-corrected chi connectivity index (χ4v) is 3.83. The van der Waals surface area contributed by atoms with Crippen LogP contribution in [0.3, 0.4) is 0 Å². The zero-order valence-corrected chi connectivity index (χ0v) is 16.7. The number of unbranched alkanes of at least 4 members (excludes halogenated alkanes) is 2. The van der Waals surface area contributed by atoms with Crippen LogP contribution in [0.25, 0.3) is 11.1 Å². The average molecular weight is 385 g/mol. The van der Waals surface area contributed by atoms with E-state index in [2.05, 4.69) is 36.8 Å². The number of rotatable bonds is 7. The van der Waals surface area contributed by atoms with Crippen molar-refractivity contribution in [3.8, 4) is 11.1 Å². The van der Waals surface area contributed by atoms with E-state index < -0.39 is 0 Å². The lowest BCUT2D eigenvalue weighted by Gasteiger charge is -2.28. The predicted molar refractivity (Wildman–Crippen MR) is 116 cm³/mol. The highest BCUT2D eigenvalue weighted by Crippen LogP contribution is 2.51. The lowest BCUT2D eigenvalue weighted by Crippen LogP contribution is -2.21. The summed E-state index contributed by atoms with van der Waals surface area (Å²) in [6, 6.07) is 11.8. The molecule has 0 saturated heterocycles. The predicted octanol–water partition coefficient (Wildman–Crippen LogP) is 6.11. The largest absolute Gasteiger partial charge is 0.298 e. The van der Waals surface area contributed by atoms with E-state index in [-0.39, 0.29) is 5.41 Å². The average Bonchev–Trinajstić information content (AvgIpc) is 2.95. The number of allylic oxidation sites excluding steroid dienone is 1. The minimum absolute atomic E-state index is 0.163. The molecule has 0 unspecified atom stereocenters. The van der Waals surface area contributed by atoms with E-state index in [9.17, 15) is 9.59 Å². The number of thiol groups is 2. The summed E-state index contributed by atoms with van der Waals surface area (Å²) in [4.78, 5) is 22.5. The Kier molecular flexibility index (Phi) is 7.30. The molecule has 0 fully saturated rings. The fraction of sp³-hybridized carbons (Fsp3) is 0.273. The molecule has 0 amide bonds. The van der Waals surface area contributed by atoms with Crippen molar-refractivity contribution in [1.29, 1.82) is 0 Å². The van der Waals surface area contributed by atoms with E-state index in [1.165, 1.54) is 22.3 Å². The molecule has 3 rings (SSSR count). The minimum Gasteiger partial charge on any atom is -0.298 e. The lowest BCUT2D eigenvalue weighted by atomic mass is 9.75. The van der Waals surface area contributed by atoms with Crippen molar-refractivity contribution in [3.05, 3.63) is 71.3 Å². The molecular formula is C22H24O2S2. The van der Waals surface area contributed by atoms with Crippen molar-refractivity contribution >= 4 is 35.9 Å². The second-order valence-electron chi connectivity index (χ2n) is 6.71. The van der Waals surface area contributed by atoms with E-state index in [0.29, 0.717) is 11.1 Å². The summed E-state index contributed by atoms with van der Waals surface area (Å²) >= 11 is 6.44. The first-order valence-electron chi connectivity index (χ1n) is 8.64. The third kappa shape index (κ3) is 3.81. The van der Waals surface area contributed by atoms with Gasteiger partial charge in [-0.25, -0.2) is 0 Å². The highest BCUT2D eigenvalue weighted by atomic mass is 33.1. The van der Waals surface area contributed by atoms with Crippen LogP contribution in [-0.2, 0) is 5.41 Å². The molecule has 136 valence electrons. The molecule has 1 aliphatic rings. The van der Waals surface area contributed by atoms with Crippen LogP contribution in [0.5, 0.6) is 0 Å². The number of carbonyl (C=O) groups is 2. The first-order valence-corrected chi connectivity index (χ1v) is 10.2. The summed E-state index contributed by atoms with van der Waals surface area (Å²) in [6.07, 6.45) is 7.94. The van der Waals surface area contributed by atoms with Gasteiger partial charge >= 0.3 is 0 Å². The summed E-state index contributed by atoms with van der Waals surface area (Å²) < 4.78 is 0. The Labute approximate surface area is 165 Å². The van der Waals surface area contributed by atoms with Gasteiger partial charge in [0.15, 0.2) is 0 Å². The van der Waals surface area contributed by atoms with Crippen LogP contribution in [0, 0.1) is 0 Å². The number of carbonyl (C=O) groups excluding carboxylic acids is 2. The van der Waals surface area contributed by atoms with Crippen molar-refractivity contribution in [2.45, 2.75) is 38.0 Å². The molecule has 2 nitrogen and oxygen atoms in total. The lowest BCUT2D eigenvalue weighted by molar-refractivity contribution is 0.111. The molecule has 2 aromatic carbocycles. The van der Waals surface area contributed by atoms with Crippen LogP contribution in [0.4, 0.5) is 0 Å². The highest BCUT2D eigenvalue weighted by molar-refractivity contribution is 8.59. The van der Waals surface area contributed by atoms with Gasteiger partial charge in [-0.1, -0.05) is 43.7 Å². The maximum absolute atomic E-state index is 11.2. The van der Waals surface area contributed by atoms with E-state index >= 15 is 0 Å². The van der Waals surface area contributed by atoms with E-state index in [1.54, 1.807) is 0 Å². The third-order valence-corrected chi connectivity index (χ3v) is 5.17. The zero-order chi connectivity index (χ0) is 19.2. The second kappa shape index (κ2) is 9.24. The van der Waals surface area contributed by atoms with Gasteiger partial charge in [-0.3, -0.25) is 9.59 Å². The number of hydrogen-bond acceptors (Lipinski definition) is 4. The van der Waals surface area contributed by atoms with Gasteiger partial charge in [-0.05, 0) is 53.6 Å². The van der Waals surface area contributed by atoms with Gasteiger partial charge < -0.3 is 0 Å². The molecule has 0 bridgehead atoms. The Hall–Kier alpha value is -1.78. The van der Waals surface area contributed by atoms with Gasteiger partial charge in [0.2, 0.25) is 0 Å². The molecule has 0 spiro atoms. The number of benzene rings is 2. The molecule has 0 atom stereocenters. The van der Waals surface area contributed by atoms with E-state index in [1.807, 2.05) is 42.5 Å². The maximum Gasteiger partial charge on any atom is 0.150 e. The summed E-state index contributed by atoms with van der Waals surface area (Å²) in [5.74, 6) is 0. The van der Waals surface area contributed by atoms with Gasteiger partial charge in [-0.2, -0.15) is 0 Å². The Morgan fingerprint density at radius 3 is 1.85 bits per heavy atom. The summed E-state index contributed by atoms with van der Waals surface area (Å²) in [6.45, 7) is 6.02. The highest BCUT2D eigenvalue weighted by Gasteiger charge is 2.39. The van der Waals surface area contributed by atoms with E-state index in [0.717, 1.165) is 38.3 Å². The maximum atomic E-state index is 11.2. The van der Waals surface area contributed by atoms with Gasteiger partial charge in [0, 0.05) is 16.5 Å². The van der Waals surface area contributed by atoms with Crippen molar-refractivity contribution in [2.75, 3.05) is 0 Å². The van der Waals surface area contributed by atoms with Gasteiger partial charge in [-0.15, -0.1) is 29.9 Å². The Bertz CT molecular complexity index is 754. The Morgan fingerprint density at radius 1 is 0.923 bits per heavy atom. The SMILES string of the molecule is C=CCCCCC1(C)c2cc(C=O)ccc2-c2ccc(C=O)cc21.SS. The van der Waals surface area contributed by atoms with Crippen molar-refractivity contribution < 1.29 is 9.59 Å². The van der Waals surface area contributed by atoms with Crippen molar-refractivity contribution in [2.24, 2.45) is 0 Å². The molecule has 1 aliphatic carbocycles. The van der Waals surface area contributed by atoms with Crippen LogP contribution in [-0.4, -0.2) is 12.6 Å². The molecule has 0 heterocycles. The molecule has 0 saturated carbocycles. The Morgan fingerprint density at radius 2 is 1.42 bits per heavy atom. The summed E-state index contributed by atoms with van der Waals surface area (Å²) in [5, 5.41) is 0. The molecular weight excluding hydrogens is 360 g/mol. The van der Waals surface area contributed by atoms with Crippen molar-refractivity contribution in [3.63, 3.8) is 0 Å². The zero-order valence-electron chi connectivity index (χ0n) is 14.9. The Balaban J connectivity index is 0.00000117. The molecule has 0 N–H and O–H groups in total. The number of fused-ring (bicyclic) bond motifs is 3. The molecule has 0 radical (unpaired) electrons. The molecule has 26 heavy (non-hydrogen) atoms. The summed E-state index contributed by atoms with van der Waals surface area (Å²) in [5.41, 5.74) is 6.00. The summed E-state index contributed by atoms with van der Waals surface area (Å²) in [7, 11) is 0. The van der Waals surface area contributed by atoms with Crippen LogP contribution in [0.15, 0.2) is 49.1 Å². The van der Waals surface area contributed by atoms with Crippen LogP contribution >= 0.6 is 23.3 Å². The molecule has 2 aromatic rings. The molecule has 4 heteroatoms. The standard InChI is InChI=1S/C22H22O2.H2S2/c1-3-4-5-6-11-22(2)20-12-16(14-23)7-9-18(20)19-10-8-17(15-24)13-21(19)22;1-2/h3,7-10,12-15H,1,4-6,11H2,2H3;1-2H. The number of aldehydes is 2. The van der Waals surface area contributed by atoms with Gasteiger partial charge in [0.05, 0.1) is 0 Å². The van der Waals surface area contributed by atoms with Crippen molar-refractivity contribution in [1.82, 2.24) is 0 Å². The first-order chi connectivity index (χ1) is 12.6. The topological polar surface area (TPSA) is 34.1 Å². The van der Waals surface area contributed by atoms with Crippen LogP contribution < -0.4 is 0 Å². The normalized spacial score (nSPS) is 13.0. The third-order valence-electron chi connectivity index (χ3n) is 5.17. The van der Waals surface area contributed by atoms with Gasteiger partial charge in [0.25, 0.3) is 0 Å². The minimum atomic E-state index is -0.163. The smallest absolute Gasteiger partial charge is 0.150 e. The van der Waals surface area contributed by atoms with E-state index in [4.69, 9.17) is 0 Å². The first kappa shape index (κ1) is 20.5. The fourth-order valence-electron chi connectivity index (χ4n) is 3.83. The molecule has 0 aliphatic heterocycles. The van der Waals surface area contributed by atoms with Gasteiger partial charge in [0.1, 0.15) is 12.6 Å². The van der Waals surface area contributed by atoms with Crippen LogP contribution in [0.1, 0.15) is 64.4 Å². The second-order valence-corrected chi connectivity index (χ2v) is 6.71. The monoisotopic (exact) mass is 384 g/mol. The molecule has 0 aromatic heterocycles. The quantitative estimate of drug-likeness (QED) is 0.199.